The van der Waals surface area contributed by atoms with Crippen molar-refractivity contribution in [3.05, 3.63) is 65.2 Å². The van der Waals surface area contributed by atoms with Crippen LogP contribution in [0.5, 0.6) is 11.5 Å². The number of nitrogens with one attached hydrogen (secondary N) is 1. The van der Waals surface area contributed by atoms with Crippen molar-refractivity contribution in [3.8, 4) is 11.5 Å². The maximum absolute atomic E-state index is 5.27. The molecule has 23 heavy (non-hydrogen) atoms. The Hall–Kier alpha value is -1.94. The summed E-state index contributed by atoms with van der Waals surface area (Å²) < 4.78 is 11.5. The van der Waals surface area contributed by atoms with Gasteiger partial charge in [0.25, 0.3) is 0 Å². The molecule has 0 amide bonds. The highest BCUT2D eigenvalue weighted by molar-refractivity contribution is 9.10. The average Bonchev–Trinajstić information content (AvgIpc) is 2.59. The summed E-state index contributed by atoms with van der Waals surface area (Å²) in [6.07, 6.45) is 3.84. The maximum Gasteiger partial charge on any atom is 0.120 e. The predicted molar refractivity (Wildman–Crippen MR) is 99.5 cm³/mol. The fourth-order valence-electron chi connectivity index (χ4n) is 2.40. The number of anilines is 1. The van der Waals surface area contributed by atoms with E-state index in [-0.39, 0.29) is 6.04 Å². The third-order valence-electron chi connectivity index (χ3n) is 3.67. The van der Waals surface area contributed by atoms with E-state index in [0.717, 1.165) is 34.5 Å². The minimum Gasteiger partial charge on any atom is -0.497 e. The molecule has 0 spiro atoms. The molecule has 0 aliphatic heterocycles. The van der Waals surface area contributed by atoms with E-state index in [1.54, 1.807) is 14.2 Å². The van der Waals surface area contributed by atoms with Gasteiger partial charge in [-0.25, -0.2) is 0 Å². The lowest BCUT2D eigenvalue weighted by atomic mass is 10.0. The Kier molecular flexibility index (Phi) is 6.53. The van der Waals surface area contributed by atoms with Gasteiger partial charge in [0.05, 0.1) is 20.3 Å². The van der Waals surface area contributed by atoms with Crippen LogP contribution in [0.25, 0.3) is 0 Å². The van der Waals surface area contributed by atoms with Gasteiger partial charge in [0.15, 0.2) is 0 Å². The van der Waals surface area contributed by atoms with Gasteiger partial charge in [-0.3, -0.25) is 0 Å². The number of hydrogen-bond donors (Lipinski definition) is 1. The summed E-state index contributed by atoms with van der Waals surface area (Å²) in [5.74, 6) is 1.69. The molecule has 0 aliphatic rings. The van der Waals surface area contributed by atoms with Crippen LogP contribution in [0.3, 0.4) is 0 Å². The molecule has 0 saturated heterocycles. The number of allylic oxidation sites excluding steroid dienone is 1. The summed E-state index contributed by atoms with van der Waals surface area (Å²) >= 11 is 3.65. The first-order chi connectivity index (χ1) is 11.2. The molecule has 122 valence electrons. The van der Waals surface area contributed by atoms with E-state index in [1.165, 1.54) is 5.56 Å². The molecule has 2 rings (SSSR count). The zero-order valence-corrected chi connectivity index (χ0v) is 15.1. The van der Waals surface area contributed by atoms with Gasteiger partial charge in [0.1, 0.15) is 11.5 Å². The van der Waals surface area contributed by atoms with E-state index in [9.17, 15) is 0 Å². The lowest BCUT2D eigenvalue weighted by Crippen LogP contribution is -2.11. The van der Waals surface area contributed by atoms with Gasteiger partial charge >= 0.3 is 0 Å². The SMILES string of the molecule is C=CCCC(Nc1ccc(OC)cc1)c1ccc(OC)cc1Br. The highest BCUT2D eigenvalue weighted by Crippen LogP contribution is 2.32. The lowest BCUT2D eigenvalue weighted by Gasteiger charge is -2.22. The van der Waals surface area contributed by atoms with Crippen molar-refractivity contribution in [1.29, 1.82) is 0 Å². The second kappa shape index (κ2) is 8.63. The van der Waals surface area contributed by atoms with Gasteiger partial charge in [-0.2, -0.15) is 0 Å². The number of methoxy groups -OCH3 is 2. The molecule has 0 bridgehead atoms. The summed E-state index contributed by atoms with van der Waals surface area (Å²) in [6, 6.07) is 14.2. The number of benzene rings is 2. The Balaban J connectivity index is 2.23. The first-order valence-corrected chi connectivity index (χ1v) is 8.32. The minimum atomic E-state index is 0.182. The van der Waals surface area contributed by atoms with E-state index < -0.39 is 0 Å². The lowest BCUT2D eigenvalue weighted by molar-refractivity contribution is 0.414. The molecule has 0 radical (unpaired) electrons. The molecule has 1 atom stereocenters. The molecule has 2 aromatic carbocycles. The van der Waals surface area contributed by atoms with Gasteiger partial charge in [-0.1, -0.05) is 28.1 Å². The highest BCUT2D eigenvalue weighted by atomic mass is 79.9. The molecule has 0 fully saturated rings. The van der Waals surface area contributed by atoms with Crippen molar-refractivity contribution in [2.45, 2.75) is 18.9 Å². The summed E-state index contributed by atoms with van der Waals surface area (Å²) in [4.78, 5) is 0. The minimum absolute atomic E-state index is 0.182. The second-order valence-electron chi connectivity index (χ2n) is 5.18. The van der Waals surface area contributed by atoms with Gasteiger partial charge in [0, 0.05) is 10.2 Å². The molecule has 0 aromatic heterocycles. The zero-order valence-electron chi connectivity index (χ0n) is 13.5. The molecule has 0 saturated carbocycles. The van der Waals surface area contributed by atoms with Crippen molar-refractivity contribution >= 4 is 21.6 Å². The fourth-order valence-corrected chi connectivity index (χ4v) is 3.03. The third-order valence-corrected chi connectivity index (χ3v) is 4.36. The Bertz CT molecular complexity index is 640. The van der Waals surface area contributed by atoms with Crippen molar-refractivity contribution < 1.29 is 9.47 Å². The van der Waals surface area contributed by atoms with Crippen LogP contribution < -0.4 is 14.8 Å². The Morgan fingerprint density at radius 1 is 1.09 bits per heavy atom. The zero-order chi connectivity index (χ0) is 16.7. The van der Waals surface area contributed by atoms with Crippen LogP contribution in [-0.2, 0) is 0 Å². The van der Waals surface area contributed by atoms with E-state index >= 15 is 0 Å². The van der Waals surface area contributed by atoms with Gasteiger partial charge in [-0.15, -0.1) is 6.58 Å². The smallest absolute Gasteiger partial charge is 0.120 e. The quantitative estimate of drug-likeness (QED) is 0.610. The average molecular weight is 376 g/mol. The van der Waals surface area contributed by atoms with Gasteiger partial charge in [0.2, 0.25) is 0 Å². The summed E-state index contributed by atoms with van der Waals surface area (Å²) in [5, 5.41) is 3.59. The van der Waals surface area contributed by atoms with E-state index in [2.05, 4.69) is 33.9 Å². The van der Waals surface area contributed by atoms with Crippen LogP contribution in [0.4, 0.5) is 5.69 Å². The van der Waals surface area contributed by atoms with Crippen molar-refractivity contribution in [1.82, 2.24) is 0 Å². The number of halogens is 1. The number of hydrogen-bond acceptors (Lipinski definition) is 3. The van der Waals surface area contributed by atoms with Crippen LogP contribution in [-0.4, -0.2) is 14.2 Å². The van der Waals surface area contributed by atoms with Crippen molar-refractivity contribution in [2.24, 2.45) is 0 Å². The van der Waals surface area contributed by atoms with Crippen LogP contribution in [0.2, 0.25) is 0 Å². The highest BCUT2D eigenvalue weighted by Gasteiger charge is 2.14. The van der Waals surface area contributed by atoms with Crippen LogP contribution >= 0.6 is 15.9 Å². The monoisotopic (exact) mass is 375 g/mol. The molecule has 0 aliphatic carbocycles. The molecule has 1 N–H and O–H groups in total. The number of ether oxygens (including phenoxy) is 2. The second-order valence-corrected chi connectivity index (χ2v) is 6.03. The largest absolute Gasteiger partial charge is 0.497 e. The molecule has 1 unspecified atom stereocenters. The van der Waals surface area contributed by atoms with E-state index in [1.807, 2.05) is 42.5 Å². The third kappa shape index (κ3) is 4.76. The molecule has 0 heterocycles. The normalized spacial score (nSPS) is 11.6. The van der Waals surface area contributed by atoms with Crippen LogP contribution in [0.1, 0.15) is 24.4 Å². The van der Waals surface area contributed by atoms with Crippen LogP contribution in [0, 0.1) is 0 Å². The molecule has 3 nitrogen and oxygen atoms in total. The topological polar surface area (TPSA) is 30.5 Å². The standard InChI is InChI=1S/C19H22BrNO2/c1-4-5-6-19(17-12-11-16(23-3)13-18(17)20)21-14-7-9-15(22-2)10-8-14/h4,7-13,19,21H,1,5-6H2,2-3H3. The summed E-state index contributed by atoms with van der Waals surface area (Å²) in [6.45, 7) is 3.83. The first kappa shape index (κ1) is 17.4. The Morgan fingerprint density at radius 2 is 1.74 bits per heavy atom. The summed E-state index contributed by atoms with van der Waals surface area (Å²) in [7, 11) is 3.34. The van der Waals surface area contributed by atoms with Gasteiger partial charge in [-0.05, 0) is 54.8 Å². The van der Waals surface area contributed by atoms with E-state index in [4.69, 9.17) is 9.47 Å². The fraction of sp³-hybridized carbons (Fsp3) is 0.263. The Morgan fingerprint density at radius 3 is 2.30 bits per heavy atom. The molecule has 4 heteroatoms. The molecular formula is C19H22BrNO2. The maximum atomic E-state index is 5.27. The first-order valence-electron chi connectivity index (χ1n) is 7.53. The predicted octanol–water partition coefficient (Wildman–Crippen LogP) is 5.59. The number of rotatable bonds is 8. The van der Waals surface area contributed by atoms with Crippen molar-refractivity contribution in [2.75, 3.05) is 19.5 Å². The molecular weight excluding hydrogens is 354 g/mol. The van der Waals surface area contributed by atoms with Crippen molar-refractivity contribution in [3.63, 3.8) is 0 Å². The molecule has 2 aromatic rings. The van der Waals surface area contributed by atoms with Gasteiger partial charge < -0.3 is 14.8 Å². The summed E-state index contributed by atoms with van der Waals surface area (Å²) in [5.41, 5.74) is 2.26. The Labute approximate surface area is 146 Å². The van der Waals surface area contributed by atoms with Crippen LogP contribution in [0.15, 0.2) is 59.6 Å². The van der Waals surface area contributed by atoms with E-state index in [0.29, 0.717) is 0 Å².